The number of hydrogen-bond donors (Lipinski definition) is 0. The monoisotopic (exact) mass is 282 g/mol. The Morgan fingerprint density at radius 1 is 1.15 bits per heavy atom. The van der Waals surface area contributed by atoms with Crippen molar-refractivity contribution in [2.75, 3.05) is 13.7 Å². The lowest BCUT2D eigenvalue weighted by Crippen LogP contribution is -1.89. The van der Waals surface area contributed by atoms with Gasteiger partial charge in [-0.15, -0.1) is 11.3 Å². The van der Waals surface area contributed by atoms with Crippen LogP contribution in [0.3, 0.4) is 0 Å². The van der Waals surface area contributed by atoms with Gasteiger partial charge in [-0.25, -0.2) is 0 Å². The summed E-state index contributed by atoms with van der Waals surface area (Å²) in [6.45, 7) is 0.811. The highest BCUT2D eigenvalue weighted by molar-refractivity contribution is 7.22. The van der Waals surface area contributed by atoms with Crippen LogP contribution in [0.25, 0.3) is 20.5 Å². The van der Waals surface area contributed by atoms with Gasteiger partial charge >= 0.3 is 0 Å². The fourth-order valence-electron chi connectivity index (χ4n) is 2.50. The Morgan fingerprint density at radius 2 is 2.00 bits per heavy atom. The van der Waals surface area contributed by atoms with E-state index in [0.717, 1.165) is 12.4 Å². The van der Waals surface area contributed by atoms with Gasteiger partial charge in [0.1, 0.15) is 11.9 Å². The number of rotatable bonds is 3. The first kappa shape index (κ1) is 11.9. The summed E-state index contributed by atoms with van der Waals surface area (Å²) < 4.78 is 12.1. The molecule has 1 aromatic heterocycles. The summed E-state index contributed by atoms with van der Waals surface area (Å²) in [4.78, 5) is 1.29. The summed E-state index contributed by atoms with van der Waals surface area (Å²) in [5.74, 6) is 0.889. The van der Waals surface area contributed by atoms with Crippen molar-refractivity contribution in [1.82, 2.24) is 0 Å². The third kappa shape index (κ3) is 1.99. The number of hydrogen-bond acceptors (Lipinski definition) is 3. The molecule has 20 heavy (non-hydrogen) atoms. The van der Waals surface area contributed by atoms with Gasteiger partial charge < -0.3 is 9.47 Å². The van der Waals surface area contributed by atoms with Crippen LogP contribution in [0, 0.1) is 0 Å². The molecule has 3 heteroatoms. The van der Waals surface area contributed by atoms with Crippen LogP contribution in [0.5, 0.6) is 5.75 Å². The summed E-state index contributed by atoms with van der Waals surface area (Å²) in [6.07, 6.45) is 0.227. The van der Waals surface area contributed by atoms with Gasteiger partial charge in [0.05, 0.1) is 13.7 Å². The minimum absolute atomic E-state index is 0.227. The van der Waals surface area contributed by atoms with Gasteiger partial charge in [-0.1, -0.05) is 18.2 Å². The van der Waals surface area contributed by atoms with E-state index in [9.17, 15) is 0 Å². The van der Waals surface area contributed by atoms with Crippen molar-refractivity contribution in [2.24, 2.45) is 0 Å². The standard InChI is InChI=1S/C17H14O2S/c1-18-12-6-7-13(14(9-12)15-10-19-15)17-8-11-4-2-3-5-16(11)20-17/h2-9,15H,10H2,1H3. The molecule has 0 amide bonds. The average Bonchev–Trinajstić information content (AvgIpc) is 3.25. The van der Waals surface area contributed by atoms with E-state index in [1.165, 1.54) is 26.1 Å². The van der Waals surface area contributed by atoms with Gasteiger partial charge in [-0.05, 0) is 46.8 Å². The average molecular weight is 282 g/mol. The fourth-order valence-corrected chi connectivity index (χ4v) is 3.61. The van der Waals surface area contributed by atoms with E-state index >= 15 is 0 Å². The lowest BCUT2D eigenvalue weighted by molar-refractivity contribution is 0.405. The van der Waals surface area contributed by atoms with Crippen molar-refractivity contribution >= 4 is 21.4 Å². The van der Waals surface area contributed by atoms with Crippen molar-refractivity contribution in [3.63, 3.8) is 0 Å². The van der Waals surface area contributed by atoms with Crippen LogP contribution in [0.4, 0.5) is 0 Å². The topological polar surface area (TPSA) is 21.8 Å². The lowest BCUT2D eigenvalue weighted by atomic mass is 10.0. The molecule has 100 valence electrons. The summed E-state index contributed by atoms with van der Waals surface area (Å²) >= 11 is 1.83. The van der Waals surface area contributed by atoms with Gasteiger partial charge in [-0.3, -0.25) is 0 Å². The molecular weight excluding hydrogens is 268 g/mol. The van der Waals surface area contributed by atoms with Gasteiger partial charge in [0.2, 0.25) is 0 Å². The largest absolute Gasteiger partial charge is 0.497 e. The van der Waals surface area contributed by atoms with Crippen LogP contribution < -0.4 is 4.74 Å². The van der Waals surface area contributed by atoms with Crippen LogP contribution in [-0.2, 0) is 4.74 Å². The maximum Gasteiger partial charge on any atom is 0.119 e. The van der Waals surface area contributed by atoms with Gasteiger partial charge in [-0.2, -0.15) is 0 Å². The number of epoxide rings is 1. The molecule has 0 aliphatic carbocycles. The highest BCUT2D eigenvalue weighted by Crippen LogP contribution is 2.42. The van der Waals surface area contributed by atoms with Crippen LogP contribution in [0.15, 0.2) is 48.5 Å². The van der Waals surface area contributed by atoms with E-state index < -0.39 is 0 Å². The number of benzene rings is 2. The molecule has 2 heterocycles. The molecule has 1 fully saturated rings. The van der Waals surface area contributed by atoms with E-state index in [1.54, 1.807) is 7.11 Å². The van der Waals surface area contributed by atoms with E-state index in [1.807, 2.05) is 17.4 Å². The van der Waals surface area contributed by atoms with E-state index in [2.05, 4.69) is 42.5 Å². The molecule has 2 aromatic carbocycles. The quantitative estimate of drug-likeness (QED) is 0.652. The van der Waals surface area contributed by atoms with Crippen molar-refractivity contribution in [2.45, 2.75) is 6.10 Å². The Kier molecular flexibility index (Phi) is 2.76. The molecule has 1 saturated heterocycles. The molecule has 1 aliphatic heterocycles. The minimum atomic E-state index is 0.227. The first-order valence-corrected chi connectivity index (χ1v) is 7.45. The summed E-state index contributed by atoms with van der Waals surface area (Å²) in [6, 6.07) is 17.0. The first-order chi connectivity index (χ1) is 9.85. The normalized spacial score (nSPS) is 17.4. The Bertz CT molecular complexity index is 739. The molecule has 0 N–H and O–H groups in total. The zero-order valence-corrected chi connectivity index (χ0v) is 11.9. The van der Waals surface area contributed by atoms with Crippen molar-refractivity contribution in [3.8, 4) is 16.2 Å². The minimum Gasteiger partial charge on any atom is -0.497 e. The summed E-state index contributed by atoms with van der Waals surface area (Å²) in [7, 11) is 1.70. The molecule has 1 aliphatic rings. The smallest absolute Gasteiger partial charge is 0.119 e. The molecule has 0 radical (unpaired) electrons. The third-order valence-electron chi connectivity index (χ3n) is 3.63. The molecule has 1 atom stereocenters. The zero-order chi connectivity index (χ0) is 13.5. The van der Waals surface area contributed by atoms with Gasteiger partial charge in [0, 0.05) is 9.58 Å². The van der Waals surface area contributed by atoms with Crippen molar-refractivity contribution < 1.29 is 9.47 Å². The van der Waals surface area contributed by atoms with Gasteiger partial charge in [0.15, 0.2) is 0 Å². The first-order valence-electron chi connectivity index (χ1n) is 6.63. The third-order valence-corrected chi connectivity index (χ3v) is 4.78. The lowest BCUT2D eigenvalue weighted by Gasteiger charge is -2.08. The second-order valence-corrected chi connectivity index (χ2v) is 6.01. The molecular formula is C17H14O2S. The SMILES string of the molecule is COc1ccc(-c2cc3ccccc3s2)c(C2CO2)c1. The summed E-state index contributed by atoms with van der Waals surface area (Å²) in [5, 5.41) is 1.30. The van der Waals surface area contributed by atoms with E-state index in [0.29, 0.717) is 0 Å². The number of ether oxygens (including phenoxy) is 2. The van der Waals surface area contributed by atoms with E-state index in [-0.39, 0.29) is 6.10 Å². The Balaban J connectivity index is 1.88. The Morgan fingerprint density at radius 3 is 2.75 bits per heavy atom. The maximum absolute atomic E-state index is 5.48. The van der Waals surface area contributed by atoms with Crippen molar-refractivity contribution in [1.29, 1.82) is 0 Å². The Hall–Kier alpha value is -1.84. The van der Waals surface area contributed by atoms with Crippen LogP contribution >= 0.6 is 11.3 Å². The molecule has 0 saturated carbocycles. The van der Waals surface area contributed by atoms with Crippen LogP contribution in [0.2, 0.25) is 0 Å². The molecule has 3 aromatic rings. The highest BCUT2D eigenvalue weighted by atomic mass is 32.1. The van der Waals surface area contributed by atoms with Gasteiger partial charge in [0.25, 0.3) is 0 Å². The highest BCUT2D eigenvalue weighted by Gasteiger charge is 2.28. The molecule has 0 spiro atoms. The molecule has 4 rings (SSSR count). The van der Waals surface area contributed by atoms with Crippen molar-refractivity contribution in [3.05, 3.63) is 54.1 Å². The second-order valence-electron chi connectivity index (χ2n) is 4.92. The zero-order valence-electron chi connectivity index (χ0n) is 11.1. The fraction of sp³-hybridized carbons (Fsp3) is 0.176. The van der Waals surface area contributed by atoms with E-state index in [4.69, 9.17) is 9.47 Å². The molecule has 0 bridgehead atoms. The predicted octanol–water partition coefficient (Wildman–Crippen LogP) is 4.65. The molecule has 1 unspecified atom stereocenters. The number of fused-ring (bicyclic) bond motifs is 1. The second kappa shape index (κ2) is 4.62. The molecule has 2 nitrogen and oxygen atoms in total. The number of thiophene rings is 1. The number of methoxy groups -OCH3 is 1. The van der Waals surface area contributed by atoms with Crippen LogP contribution in [-0.4, -0.2) is 13.7 Å². The maximum atomic E-state index is 5.48. The predicted molar refractivity (Wildman–Crippen MR) is 82.5 cm³/mol. The summed E-state index contributed by atoms with van der Waals surface area (Å²) in [5.41, 5.74) is 2.49. The Labute approximate surface area is 121 Å². The van der Waals surface area contributed by atoms with Crippen LogP contribution in [0.1, 0.15) is 11.7 Å².